The van der Waals surface area contributed by atoms with Crippen LogP contribution in [-0.4, -0.2) is 30.2 Å². The molecule has 1 saturated heterocycles. The fraction of sp³-hybridized carbons (Fsp3) is 0.952. The van der Waals surface area contributed by atoms with Gasteiger partial charge in [-0.3, -0.25) is 4.79 Å². The zero-order valence-electron chi connectivity index (χ0n) is 16.3. The number of hydrogen-bond acceptors (Lipinski definition) is 3. The third-order valence-corrected chi connectivity index (χ3v) is 5.76. The van der Waals surface area contributed by atoms with E-state index >= 15 is 0 Å². The highest BCUT2D eigenvalue weighted by Gasteiger charge is 2.34. The SMILES string of the molecule is CC1(COC(=O)CCCCCCCCCCCCCCCI)COC1. The Hall–Kier alpha value is 0.160. The second kappa shape index (κ2) is 15.2. The molecule has 0 amide bonds. The van der Waals surface area contributed by atoms with E-state index in [2.05, 4.69) is 29.5 Å². The van der Waals surface area contributed by atoms with Gasteiger partial charge in [-0.1, -0.05) is 100 Å². The van der Waals surface area contributed by atoms with Crippen molar-refractivity contribution in [2.75, 3.05) is 24.2 Å². The van der Waals surface area contributed by atoms with Crippen molar-refractivity contribution < 1.29 is 14.3 Å². The zero-order chi connectivity index (χ0) is 18.2. The summed E-state index contributed by atoms with van der Waals surface area (Å²) in [6.07, 6.45) is 18.0. The maximum atomic E-state index is 11.7. The van der Waals surface area contributed by atoms with E-state index in [-0.39, 0.29) is 11.4 Å². The van der Waals surface area contributed by atoms with Gasteiger partial charge in [0.1, 0.15) is 6.61 Å². The van der Waals surface area contributed by atoms with Crippen molar-refractivity contribution in [1.29, 1.82) is 0 Å². The van der Waals surface area contributed by atoms with E-state index in [0.717, 1.165) is 26.1 Å². The Morgan fingerprint density at radius 1 is 0.840 bits per heavy atom. The van der Waals surface area contributed by atoms with Gasteiger partial charge in [0.2, 0.25) is 0 Å². The summed E-state index contributed by atoms with van der Waals surface area (Å²) in [4.78, 5) is 11.7. The Kier molecular flexibility index (Phi) is 14.1. The first kappa shape index (κ1) is 23.2. The molecule has 0 spiro atoms. The van der Waals surface area contributed by atoms with E-state index in [4.69, 9.17) is 9.47 Å². The lowest BCUT2D eigenvalue weighted by Crippen LogP contribution is -2.44. The largest absolute Gasteiger partial charge is 0.465 e. The number of unbranched alkanes of at least 4 members (excludes halogenated alkanes) is 12. The molecule has 4 heteroatoms. The van der Waals surface area contributed by atoms with E-state index in [9.17, 15) is 4.79 Å². The number of esters is 1. The molecule has 1 fully saturated rings. The maximum Gasteiger partial charge on any atom is 0.305 e. The Morgan fingerprint density at radius 3 is 1.68 bits per heavy atom. The summed E-state index contributed by atoms with van der Waals surface area (Å²) in [6, 6.07) is 0. The smallest absolute Gasteiger partial charge is 0.305 e. The fourth-order valence-corrected chi connectivity index (χ4v) is 3.71. The number of halogens is 1. The number of rotatable bonds is 17. The van der Waals surface area contributed by atoms with Crippen molar-refractivity contribution in [3.05, 3.63) is 0 Å². The molecule has 0 aromatic heterocycles. The van der Waals surface area contributed by atoms with E-state index < -0.39 is 0 Å². The minimum atomic E-state index is -0.0355. The first-order chi connectivity index (χ1) is 12.2. The van der Waals surface area contributed by atoms with E-state index in [1.807, 2.05) is 0 Å². The van der Waals surface area contributed by atoms with Crippen molar-refractivity contribution >= 4 is 28.6 Å². The van der Waals surface area contributed by atoms with Gasteiger partial charge in [-0.25, -0.2) is 0 Å². The lowest BCUT2D eigenvalue weighted by molar-refractivity contribution is -0.165. The standard InChI is InChI=1S/C21H39IO3/c1-21(17-24-18-21)19-25-20(23)15-13-11-9-7-5-3-2-4-6-8-10-12-14-16-22/h2-19H2,1H3. The second-order valence-electron chi connectivity index (χ2n) is 8.00. The molecule has 0 atom stereocenters. The summed E-state index contributed by atoms with van der Waals surface area (Å²) in [6.45, 7) is 4.07. The number of carbonyl (C=O) groups excluding carboxylic acids is 1. The summed E-state index contributed by atoms with van der Waals surface area (Å²) in [5.74, 6) is -0.0355. The Labute approximate surface area is 169 Å². The Morgan fingerprint density at radius 2 is 1.28 bits per heavy atom. The van der Waals surface area contributed by atoms with Gasteiger partial charge in [-0.05, 0) is 17.3 Å². The molecule has 0 bridgehead atoms. The van der Waals surface area contributed by atoms with Crippen LogP contribution in [0.1, 0.15) is 96.8 Å². The minimum Gasteiger partial charge on any atom is -0.465 e. The van der Waals surface area contributed by atoms with Gasteiger partial charge >= 0.3 is 5.97 Å². The predicted molar refractivity (Wildman–Crippen MR) is 113 cm³/mol. The lowest BCUT2D eigenvalue weighted by Gasteiger charge is -2.37. The van der Waals surface area contributed by atoms with Gasteiger partial charge < -0.3 is 9.47 Å². The lowest BCUT2D eigenvalue weighted by atomic mass is 9.90. The van der Waals surface area contributed by atoms with Crippen molar-refractivity contribution in [1.82, 2.24) is 0 Å². The van der Waals surface area contributed by atoms with Crippen LogP contribution in [0.5, 0.6) is 0 Å². The number of hydrogen-bond donors (Lipinski definition) is 0. The summed E-state index contributed by atoms with van der Waals surface area (Å²) in [5, 5.41) is 0. The quantitative estimate of drug-likeness (QED) is 0.107. The Bertz CT molecular complexity index is 329. The van der Waals surface area contributed by atoms with Crippen LogP contribution in [0.25, 0.3) is 0 Å². The normalized spacial score (nSPS) is 15.8. The van der Waals surface area contributed by atoms with E-state index in [1.54, 1.807) is 0 Å². The number of carbonyl (C=O) groups is 1. The minimum absolute atomic E-state index is 0.0355. The van der Waals surface area contributed by atoms with Crippen LogP contribution < -0.4 is 0 Å². The van der Waals surface area contributed by atoms with Crippen molar-refractivity contribution in [2.45, 2.75) is 96.8 Å². The molecular formula is C21H39IO3. The molecule has 0 unspecified atom stereocenters. The van der Waals surface area contributed by atoms with Crippen LogP contribution in [-0.2, 0) is 14.3 Å². The molecule has 1 aliphatic rings. The summed E-state index contributed by atoms with van der Waals surface area (Å²) in [7, 11) is 0. The van der Waals surface area contributed by atoms with E-state index in [1.165, 1.54) is 75.1 Å². The average molecular weight is 466 g/mol. The zero-order valence-corrected chi connectivity index (χ0v) is 18.5. The second-order valence-corrected chi connectivity index (χ2v) is 9.08. The molecule has 148 valence electrons. The highest BCUT2D eigenvalue weighted by Crippen LogP contribution is 2.26. The first-order valence-corrected chi connectivity index (χ1v) is 12.0. The molecule has 0 N–H and O–H groups in total. The highest BCUT2D eigenvalue weighted by molar-refractivity contribution is 14.1. The van der Waals surface area contributed by atoms with Crippen molar-refractivity contribution in [3.8, 4) is 0 Å². The third kappa shape index (κ3) is 13.0. The summed E-state index contributed by atoms with van der Waals surface area (Å²) >= 11 is 2.47. The predicted octanol–water partition coefficient (Wildman–Crippen LogP) is 6.46. The third-order valence-electron chi connectivity index (χ3n) is 5.00. The average Bonchev–Trinajstić information content (AvgIpc) is 2.58. The monoisotopic (exact) mass is 466 g/mol. The van der Waals surface area contributed by atoms with Crippen LogP contribution in [0.4, 0.5) is 0 Å². The van der Waals surface area contributed by atoms with Crippen LogP contribution in [0.2, 0.25) is 0 Å². The van der Waals surface area contributed by atoms with Gasteiger partial charge in [0.25, 0.3) is 0 Å². The van der Waals surface area contributed by atoms with Crippen LogP contribution in [0.15, 0.2) is 0 Å². The molecule has 0 radical (unpaired) electrons. The summed E-state index contributed by atoms with van der Waals surface area (Å²) in [5.41, 5.74) is 0.0743. The van der Waals surface area contributed by atoms with Gasteiger partial charge in [-0.15, -0.1) is 0 Å². The Balaban J connectivity index is 1.73. The maximum absolute atomic E-state index is 11.7. The number of alkyl halides is 1. The number of ether oxygens (including phenoxy) is 2. The van der Waals surface area contributed by atoms with Gasteiger partial charge in [0, 0.05) is 11.8 Å². The van der Waals surface area contributed by atoms with Gasteiger partial charge in [0.05, 0.1) is 13.2 Å². The molecule has 25 heavy (non-hydrogen) atoms. The highest BCUT2D eigenvalue weighted by atomic mass is 127. The first-order valence-electron chi connectivity index (χ1n) is 10.5. The molecule has 1 heterocycles. The summed E-state index contributed by atoms with van der Waals surface area (Å²) < 4.78 is 11.8. The molecule has 1 rings (SSSR count). The molecule has 0 aromatic carbocycles. The molecule has 1 aliphatic heterocycles. The fourth-order valence-electron chi connectivity index (χ4n) is 3.17. The van der Waals surface area contributed by atoms with Crippen LogP contribution in [0.3, 0.4) is 0 Å². The van der Waals surface area contributed by atoms with Gasteiger partial charge in [0.15, 0.2) is 0 Å². The van der Waals surface area contributed by atoms with Crippen LogP contribution >= 0.6 is 22.6 Å². The van der Waals surface area contributed by atoms with Crippen molar-refractivity contribution in [2.24, 2.45) is 5.41 Å². The molecule has 3 nitrogen and oxygen atoms in total. The molecular weight excluding hydrogens is 427 g/mol. The molecule has 0 saturated carbocycles. The van der Waals surface area contributed by atoms with Crippen LogP contribution in [0, 0.1) is 5.41 Å². The molecule has 0 aliphatic carbocycles. The van der Waals surface area contributed by atoms with E-state index in [0.29, 0.717) is 13.0 Å². The topological polar surface area (TPSA) is 35.5 Å². The van der Waals surface area contributed by atoms with Crippen molar-refractivity contribution in [3.63, 3.8) is 0 Å². The van der Waals surface area contributed by atoms with Gasteiger partial charge in [-0.2, -0.15) is 0 Å². The molecule has 0 aromatic rings.